The second-order valence-electron chi connectivity index (χ2n) is 7.35. The maximum absolute atomic E-state index is 12.6. The molecule has 0 spiro atoms. The Hall–Kier alpha value is -2.92. The number of carbonyl (C=O) groups excluding carboxylic acids is 1. The Kier molecular flexibility index (Phi) is 6.26. The first-order valence-electron chi connectivity index (χ1n) is 9.67. The summed E-state index contributed by atoms with van der Waals surface area (Å²) in [6, 6.07) is 20.3. The zero-order valence-electron chi connectivity index (χ0n) is 16.9. The molecule has 2 N–H and O–H groups in total. The summed E-state index contributed by atoms with van der Waals surface area (Å²) in [5.41, 5.74) is 4.66. The molecule has 0 aliphatic heterocycles. The Morgan fingerprint density at radius 2 is 1.61 bits per heavy atom. The Morgan fingerprint density at radius 3 is 2.21 bits per heavy atom. The third kappa shape index (κ3) is 4.49. The lowest BCUT2D eigenvalue weighted by molar-refractivity contribution is -0.115. The van der Waals surface area contributed by atoms with Crippen molar-refractivity contribution in [1.82, 2.24) is 15.1 Å². The minimum absolute atomic E-state index is 0.0691. The van der Waals surface area contributed by atoms with Crippen LogP contribution in [-0.2, 0) is 4.79 Å². The van der Waals surface area contributed by atoms with Gasteiger partial charge in [-0.2, -0.15) is 5.10 Å². The molecule has 1 atom stereocenters. The van der Waals surface area contributed by atoms with Crippen LogP contribution in [0.3, 0.4) is 0 Å². The molecule has 5 heteroatoms. The summed E-state index contributed by atoms with van der Waals surface area (Å²) < 4.78 is 1.86. The molecule has 0 radical (unpaired) electrons. The number of para-hydroxylation sites is 1. The van der Waals surface area contributed by atoms with Gasteiger partial charge >= 0.3 is 0 Å². The van der Waals surface area contributed by atoms with Crippen LogP contribution in [-0.4, -0.2) is 22.2 Å². The van der Waals surface area contributed by atoms with Crippen LogP contribution in [0.2, 0.25) is 0 Å². The summed E-state index contributed by atoms with van der Waals surface area (Å²) >= 11 is 0. The van der Waals surface area contributed by atoms with Crippen molar-refractivity contribution in [2.75, 3.05) is 11.9 Å². The van der Waals surface area contributed by atoms with Crippen molar-refractivity contribution in [3.8, 4) is 5.69 Å². The molecule has 1 heterocycles. The van der Waals surface area contributed by atoms with Gasteiger partial charge in [0.1, 0.15) is 0 Å². The fraction of sp³-hybridized carbons (Fsp3) is 0.304. The molecular weight excluding hydrogens is 348 g/mol. The van der Waals surface area contributed by atoms with E-state index < -0.39 is 0 Å². The molecule has 1 amide bonds. The lowest BCUT2D eigenvalue weighted by Crippen LogP contribution is -2.33. The fourth-order valence-electron chi connectivity index (χ4n) is 3.43. The molecule has 0 aliphatic rings. The number of benzene rings is 2. The van der Waals surface area contributed by atoms with Crippen LogP contribution in [0, 0.1) is 19.8 Å². The highest BCUT2D eigenvalue weighted by molar-refractivity contribution is 5.93. The fourth-order valence-corrected chi connectivity index (χ4v) is 3.43. The summed E-state index contributed by atoms with van der Waals surface area (Å²) in [7, 11) is 0. The number of hydrogen-bond donors (Lipinski definition) is 2. The highest BCUT2D eigenvalue weighted by Crippen LogP contribution is 2.23. The predicted molar refractivity (Wildman–Crippen MR) is 114 cm³/mol. The summed E-state index contributed by atoms with van der Waals surface area (Å²) in [6.07, 6.45) is 0. The molecule has 0 aliphatic carbocycles. The smallest absolute Gasteiger partial charge is 0.238 e. The molecule has 3 aromatic rings. The maximum atomic E-state index is 12.6. The van der Waals surface area contributed by atoms with E-state index in [-0.39, 0.29) is 18.5 Å². The molecule has 0 fully saturated rings. The number of rotatable bonds is 7. The van der Waals surface area contributed by atoms with E-state index in [0.29, 0.717) is 5.92 Å². The Morgan fingerprint density at radius 1 is 1.00 bits per heavy atom. The molecule has 2 aromatic carbocycles. The van der Waals surface area contributed by atoms with Crippen LogP contribution >= 0.6 is 0 Å². The van der Waals surface area contributed by atoms with Crippen molar-refractivity contribution in [2.45, 2.75) is 33.7 Å². The third-order valence-corrected chi connectivity index (χ3v) is 4.86. The summed E-state index contributed by atoms with van der Waals surface area (Å²) in [4.78, 5) is 12.6. The van der Waals surface area contributed by atoms with Crippen LogP contribution in [0.15, 0.2) is 60.7 Å². The van der Waals surface area contributed by atoms with E-state index in [1.54, 1.807) is 0 Å². The summed E-state index contributed by atoms with van der Waals surface area (Å²) in [5.74, 6) is 0.305. The average Bonchev–Trinajstić information content (AvgIpc) is 2.97. The largest absolute Gasteiger partial charge is 0.322 e. The predicted octanol–water partition coefficient (Wildman–Crippen LogP) is 4.41. The Bertz CT molecular complexity index is 917. The first-order chi connectivity index (χ1) is 13.5. The van der Waals surface area contributed by atoms with Crippen molar-refractivity contribution >= 4 is 11.6 Å². The SMILES string of the molecule is Cc1nn(-c2ccccc2)c(C)c1NC(=O)CN[C@H](c1ccccc1)C(C)C. The van der Waals surface area contributed by atoms with Crippen molar-refractivity contribution in [3.63, 3.8) is 0 Å². The minimum atomic E-state index is -0.0691. The van der Waals surface area contributed by atoms with Crippen molar-refractivity contribution in [2.24, 2.45) is 5.92 Å². The number of carbonyl (C=O) groups is 1. The number of anilines is 1. The van der Waals surface area contributed by atoms with Crippen LogP contribution in [0.4, 0.5) is 5.69 Å². The number of nitrogens with one attached hydrogen (secondary N) is 2. The highest BCUT2D eigenvalue weighted by atomic mass is 16.1. The monoisotopic (exact) mass is 376 g/mol. The van der Waals surface area contributed by atoms with Crippen molar-refractivity contribution < 1.29 is 4.79 Å². The van der Waals surface area contributed by atoms with Gasteiger partial charge in [0, 0.05) is 6.04 Å². The van der Waals surface area contributed by atoms with Gasteiger partial charge in [0.15, 0.2) is 0 Å². The number of aryl methyl sites for hydroxylation is 1. The molecule has 0 bridgehead atoms. The van der Waals surface area contributed by atoms with E-state index >= 15 is 0 Å². The normalized spacial score (nSPS) is 12.2. The van der Waals surface area contributed by atoms with E-state index in [1.807, 2.05) is 67.1 Å². The van der Waals surface area contributed by atoms with Gasteiger partial charge in [-0.15, -0.1) is 0 Å². The zero-order valence-corrected chi connectivity index (χ0v) is 16.9. The minimum Gasteiger partial charge on any atom is -0.322 e. The molecule has 3 rings (SSSR count). The number of aromatic nitrogens is 2. The molecule has 1 aromatic heterocycles. The molecule has 0 unspecified atom stereocenters. The van der Waals surface area contributed by atoms with Crippen molar-refractivity contribution in [3.05, 3.63) is 77.6 Å². The van der Waals surface area contributed by atoms with Crippen molar-refractivity contribution in [1.29, 1.82) is 0 Å². The summed E-state index contributed by atoms with van der Waals surface area (Å²) in [6.45, 7) is 8.43. The quantitative estimate of drug-likeness (QED) is 0.642. The Balaban J connectivity index is 1.69. The number of nitrogens with zero attached hydrogens (tertiary/aromatic N) is 2. The van der Waals surface area contributed by atoms with Gasteiger partial charge < -0.3 is 10.6 Å². The first kappa shape index (κ1) is 19.8. The first-order valence-corrected chi connectivity index (χ1v) is 9.67. The third-order valence-electron chi connectivity index (χ3n) is 4.86. The van der Waals surface area contributed by atoms with Gasteiger partial charge in [0.25, 0.3) is 0 Å². The topological polar surface area (TPSA) is 59.0 Å². The van der Waals surface area contributed by atoms with E-state index in [0.717, 1.165) is 22.8 Å². The standard InChI is InChI=1S/C23H28N4O/c1-16(2)22(19-11-7-5-8-12-19)24-15-21(28)25-23-17(3)26-27(18(23)4)20-13-9-6-10-14-20/h5-14,16,22,24H,15H2,1-4H3,(H,25,28)/t22-/m0/s1. The van der Waals surface area contributed by atoms with Gasteiger partial charge in [-0.1, -0.05) is 62.4 Å². The summed E-state index contributed by atoms with van der Waals surface area (Å²) in [5, 5.41) is 11.0. The van der Waals surface area contributed by atoms with E-state index in [2.05, 4.69) is 41.7 Å². The second kappa shape index (κ2) is 8.85. The molecule has 146 valence electrons. The second-order valence-corrected chi connectivity index (χ2v) is 7.35. The average molecular weight is 377 g/mol. The molecule has 5 nitrogen and oxygen atoms in total. The maximum Gasteiger partial charge on any atom is 0.238 e. The zero-order chi connectivity index (χ0) is 20.1. The van der Waals surface area contributed by atoms with Gasteiger partial charge in [-0.05, 0) is 37.5 Å². The van der Waals surface area contributed by atoms with Gasteiger partial charge in [-0.3, -0.25) is 4.79 Å². The number of hydrogen-bond acceptors (Lipinski definition) is 3. The van der Waals surface area contributed by atoms with E-state index in [9.17, 15) is 4.79 Å². The molecule has 28 heavy (non-hydrogen) atoms. The lowest BCUT2D eigenvalue weighted by Gasteiger charge is -2.22. The number of amides is 1. The molecular formula is C23H28N4O. The van der Waals surface area contributed by atoms with E-state index in [1.165, 1.54) is 5.56 Å². The van der Waals surface area contributed by atoms with Gasteiger partial charge in [0.05, 0.1) is 29.3 Å². The van der Waals surface area contributed by atoms with Crippen LogP contribution in [0.25, 0.3) is 5.69 Å². The van der Waals surface area contributed by atoms with Gasteiger partial charge in [0.2, 0.25) is 5.91 Å². The molecule has 0 saturated heterocycles. The Labute approximate surface area is 166 Å². The van der Waals surface area contributed by atoms with Crippen LogP contribution < -0.4 is 10.6 Å². The lowest BCUT2D eigenvalue weighted by atomic mass is 9.96. The highest BCUT2D eigenvalue weighted by Gasteiger charge is 2.18. The van der Waals surface area contributed by atoms with Crippen LogP contribution in [0.5, 0.6) is 0 Å². The van der Waals surface area contributed by atoms with Gasteiger partial charge in [-0.25, -0.2) is 4.68 Å². The van der Waals surface area contributed by atoms with Crippen LogP contribution in [0.1, 0.15) is 36.8 Å². The molecule has 0 saturated carbocycles. The van der Waals surface area contributed by atoms with E-state index in [4.69, 9.17) is 0 Å².